The zero-order valence-corrected chi connectivity index (χ0v) is 10.4. The van der Waals surface area contributed by atoms with Crippen molar-refractivity contribution in [3.05, 3.63) is 12.1 Å². The van der Waals surface area contributed by atoms with Gasteiger partial charge in [-0.3, -0.25) is 0 Å². The molecule has 18 heavy (non-hydrogen) atoms. The molecular weight excluding hydrogens is 232 g/mol. The largest absolute Gasteiger partial charge is 0.493 e. The van der Waals surface area contributed by atoms with E-state index >= 15 is 0 Å². The van der Waals surface area contributed by atoms with E-state index in [1.807, 2.05) is 6.07 Å². The maximum absolute atomic E-state index is 8.53. The third kappa shape index (κ3) is 2.20. The molecule has 94 valence electrons. The number of hydrogen-bond acceptors (Lipinski definition) is 5. The number of rotatable bonds is 5. The molecule has 0 amide bonds. The lowest BCUT2D eigenvalue weighted by Gasteiger charge is -2.07. The Labute approximate surface area is 105 Å². The molecule has 0 N–H and O–H groups in total. The molecule has 1 aromatic heterocycles. The summed E-state index contributed by atoms with van der Waals surface area (Å²) in [7, 11) is 3.18. The van der Waals surface area contributed by atoms with Crippen LogP contribution in [0.2, 0.25) is 0 Å². The summed E-state index contributed by atoms with van der Waals surface area (Å²) >= 11 is 0. The summed E-state index contributed by atoms with van der Waals surface area (Å²) in [6, 6.07) is 5.75. The highest BCUT2D eigenvalue weighted by Crippen LogP contribution is 2.31. The highest BCUT2D eigenvalue weighted by molar-refractivity contribution is 5.79. The third-order valence-electron chi connectivity index (χ3n) is 2.68. The number of aromatic nitrogens is 3. The monoisotopic (exact) mass is 246 g/mol. The van der Waals surface area contributed by atoms with Gasteiger partial charge in [-0.1, -0.05) is 5.21 Å². The summed E-state index contributed by atoms with van der Waals surface area (Å²) in [6.07, 6.45) is 1.26. The second kappa shape index (κ2) is 5.36. The van der Waals surface area contributed by atoms with Crippen molar-refractivity contribution >= 4 is 11.0 Å². The molecule has 0 aliphatic rings. The quantitative estimate of drug-likeness (QED) is 0.751. The van der Waals surface area contributed by atoms with Crippen LogP contribution >= 0.6 is 0 Å². The summed E-state index contributed by atoms with van der Waals surface area (Å²) < 4.78 is 12.2. The fourth-order valence-corrected chi connectivity index (χ4v) is 1.77. The maximum Gasteiger partial charge on any atom is 0.163 e. The molecule has 1 heterocycles. The number of methoxy groups -OCH3 is 2. The Morgan fingerprint density at radius 2 is 2.00 bits per heavy atom. The number of nitriles is 1. The van der Waals surface area contributed by atoms with Gasteiger partial charge in [-0.2, -0.15) is 5.26 Å². The van der Waals surface area contributed by atoms with Crippen LogP contribution in [0, 0.1) is 11.3 Å². The molecule has 2 aromatic rings. The van der Waals surface area contributed by atoms with Gasteiger partial charge in [0, 0.05) is 25.1 Å². The van der Waals surface area contributed by atoms with Crippen molar-refractivity contribution < 1.29 is 9.47 Å². The summed E-state index contributed by atoms with van der Waals surface area (Å²) in [6.45, 7) is 0.666. The summed E-state index contributed by atoms with van der Waals surface area (Å²) in [5, 5.41) is 16.7. The van der Waals surface area contributed by atoms with Crippen LogP contribution in [0.4, 0.5) is 0 Å². The number of aryl methyl sites for hydroxylation is 1. The lowest BCUT2D eigenvalue weighted by Crippen LogP contribution is -2.00. The van der Waals surface area contributed by atoms with Gasteiger partial charge in [-0.05, 0) is 6.42 Å². The molecule has 0 aliphatic carbocycles. The van der Waals surface area contributed by atoms with E-state index in [2.05, 4.69) is 16.4 Å². The number of hydrogen-bond donors (Lipinski definition) is 0. The fourth-order valence-electron chi connectivity index (χ4n) is 1.77. The second-order valence-corrected chi connectivity index (χ2v) is 3.77. The van der Waals surface area contributed by atoms with E-state index in [0.29, 0.717) is 24.5 Å². The average Bonchev–Trinajstić information content (AvgIpc) is 2.80. The topological polar surface area (TPSA) is 73.0 Å². The Balaban J connectivity index is 2.36. The zero-order chi connectivity index (χ0) is 13.0. The molecule has 0 fully saturated rings. The average molecular weight is 246 g/mol. The molecule has 0 unspecified atom stereocenters. The van der Waals surface area contributed by atoms with Crippen LogP contribution in [0.1, 0.15) is 12.8 Å². The molecule has 0 bridgehead atoms. The van der Waals surface area contributed by atoms with Crippen LogP contribution in [0.15, 0.2) is 12.1 Å². The summed E-state index contributed by atoms with van der Waals surface area (Å²) in [4.78, 5) is 0. The Bertz CT molecular complexity index is 586. The van der Waals surface area contributed by atoms with Gasteiger partial charge in [0.25, 0.3) is 0 Å². The van der Waals surface area contributed by atoms with Crippen LogP contribution in [-0.4, -0.2) is 29.2 Å². The highest BCUT2D eigenvalue weighted by atomic mass is 16.5. The third-order valence-corrected chi connectivity index (χ3v) is 2.68. The smallest absolute Gasteiger partial charge is 0.163 e. The number of nitrogens with zero attached hydrogens (tertiary/aromatic N) is 4. The zero-order valence-electron chi connectivity index (χ0n) is 10.4. The van der Waals surface area contributed by atoms with E-state index in [0.717, 1.165) is 17.5 Å². The Kier molecular flexibility index (Phi) is 3.63. The summed E-state index contributed by atoms with van der Waals surface area (Å²) in [5.74, 6) is 1.28. The van der Waals surface area contributed by atoms with Crippen molar-refractivity contribution in [3.63, 3.8) is 0 Å². The Hall–Kier alpha value is -2.29. The van der Waals surface area contributed by atoms with Gasteiger partial charge in [0.15, 0.2) is 11.5 Å². The van der Waals surface area contributed by atoms with E-state index in [1.54, 1.807) is 25.0 Å². The molecule has 0 spiro atoms. The Morgan fingerprint density at radius 3 is 2.67 bits per heavy atom. The lowest BCUT2D eigenvalue weighted by molar-refractivity contribution is 0.355. The van der Waals surface area contributed by atoms with Gasteiger partial charge in [-0.15, -0.1) is 5.10 Å². The van der Waals surface area contributed by atoms with Crippen LogP contribution in [0.3, 0.4) is 0 Å². The standard InChI is InChI=1S/C12H14N4O2/c1-17-11-7-9-10(8-12(11)18-2)16(15-14-9)6-4-3-5-13/h7-8H,3-4,6H2,1-2H3. The lowest BCUT2D eigenvalue weighted by atomic mass is 10.2. The Morgan fingerprint density at radius 1 is 1.28 bits per heavy atom. The minimum atomic E-state index is 0.509. The second-order valence-electron chi connectivity index (χ2n) is 3.77. The van der Waals surface area contributed by atoms with Crippen molar-refractivity contribution in [1.82, 2.24) is 15.0 Å². The molecule has 0 aliphatic heterocycles. The predicted molar refractivity (Wildman–Crippen MR) is 65.5 cm³/mol. The first-order chi connectivity index (χ1) is 8.80. The molecule has 0 saturated carbocycles. The van der Waals surface area contributed by atoms with Crippen molar-refractivity contribution in [2.75, 3.05) is 14.2 Å². The first-order valence-electron chi connectivity index (χ1n) is 5.62. The predicted octanol–water partition coefficient (Wildman–Crippen LogP) is 1.75. The van der Waals surface area contributed by atoms with Crippen LogP contribution in [0.25, 0.3) is 11.0 Å². The molecule has 0 saturated heterocycles. The maximum atomic E-state index is 8.53. The van der Waals surface area contributed by atoms with Gasteiger partial charge in [-0.25, -0.2) is 4.68 Å². The molecule has 0 atom stereocenters. The molecule has 2 rings (SSSR count). The molecule has 6 heteroatoms. The van der Waals surface area contributed by atoms with Crippen LogP contribution in [0.5, 0.6) is 11.5 Å². The van der Waals surface area contributed by atoms with Crippen LogP contribution in [-0.2, 0) is 6.54 Å². The van der Waals surface area contributed by atoms with Gasteiger partial charge < -0.3 is 9.47 Å². The minimum absolute atomic E-state index is 0.509. The first-order valence-corrected chi connectivity index (χ1v) is 5.62. The van der Waals surface area contributed by atoms with Gasteiger partial charge in [0.05, 0.1) is 25.8 Å². The van der Waals surface area contributed by atoms with Crippen molar-refractivity contribution in [3.8, 4) is 17.6 Å². The van der Waals surface area contributed by atoms with E-state index in [-0.39, 0.29) is 0 Å². The molecule has 6 nitrogen and oxygen atoms in total. The van der Waals surface area contributed by atoms with Crippen molar-refractivity contribution in [2.45, 2.75) is 19.4 Å². The van der Waals surface area contributed by atoms with E-state index < -0.39 is 0 Å². The van der Waals surface area contributed by atoms with Gasteiger partial charge in [0.1, 0.15) is 5.52 Å². The van der Waals surface area contributed by atoms with Gasteiger partial charge >= 0.3 is 0 Å². The van der Waals surface area contributed by atoms with Gasteiger partial charge in [0.2, 0.25) is 0 Å². The van der Waals surface area contributed by atoms with Crippen LogP contribution < -0.4 is 9.47 Å². The van der Waals surface area contributed by atoms with E-state index in [4.69, 9.17) is 14.7 Å². The number of fused-ring (bicyclic) bond motifs is 1. The van der Waals surface area contributed by atoms with Crippen molar-refractivity contribution in [1.29, 1.82) is 5.26 Å². The van der Waals surface area contributed by atoms with Crippen molar-refractivity contribution in [2.24, 2.45) is 0 Å². The van der Waals surface area contributed by atoms with E-state index in [9.17, 15) is 0 Å². The SMILES string of the molecule is COc1cc2nnn(CCCC#N)c2cc1OC. The number of unbranched alkanes of at least 4 members (excludes halogenated alkanes) is 1. The summed E-state index contributed by atoms with van der Waals surface area (Å²) in [5.41, 5.74) is 1.63. The first kappa shape index (κ1) is 12.2. The number of ether oxygens (including phenoxy) is 2. The highest BCUT2D eigenvalue weighted by Gasteiger charge is 2.11. The molecular formula is C12H14N4O2. The normalized spacial score (nSPS) is 10.3. The minimum Gasteiger partial charge on any atom is -0.493 e. The number of benzene rings is 1. The molecule has 1 aromatic carbocycles. The van der Waals surface area contributed by atoms with E-state index in [1.165, 1.54) is 0 Å². The fraction of sp³-hybridized carbons (Fsp3) is 0.417. The molecule has 0 radical (unpaired) electrons.